The average Bonchev–Trinajstić information content (AvgIpc) is 2.48. The van der Waals surface area contributed by atoms with Crippen LogP contribution in [0.1, 0.15) is 32.2 Å². The third-order valence-electron chi connectivity index (χ3n) is 2.16. The first-order valence-electron chi connectivity index (χ1n) is 5.42. The number of aliphatic hydroxyl groups is 1. The summed E-state index contributed by atoms with van der Waals surface area (Å²) in [7, 11) is 0. The highest BCUT2D eigenvalue weighted by Gasteiger charge is 2.21. The van der Waals surface area contributed by atoms with Gasteiger partial charge in [0.15, 0.2) is 0 Å². The lowest BCUT2D eigenvalue weighted by molar-refractivity contribution is 0.0383. The van der Waals surface area contributed by atoms with E-state index in [9.17, 15) is 5.11 Å². The van der Waals surface area contributed by atoms with Gasteiger partial charge in [0.2, 0.25) is 0 Å². The Kier molecular flexibility index (Phi) is 5.18. The number of nitrogens with one attached hydrogen (secondary N) is 1. The number of halogens is 1. The van der Waals surface area contributed by atoms with E-state index >= 15 is 0 Å². The molecule has 16 heavy (non-hydrogen) atoms. The number of nitrogens with zero attached hydrogens (tertiary/aromatic N) is 1. The fraction of sp³-hybridized carbons (Fsp3) is 0.727. The number of hydrogen-bond donors (Lipinski definition) is 2. The first-order chi connectivity index (χ1) is 7.39. The Bertz CT molecular complexity index is 326. The predicted molar refractivity (Wildman–Crippen MR) is 68.9 cm³/mol. The van der Waals surface area contributed by atoms with Crippen LogP contribution in [0.25, 0.3) is 0 Å². The second-order valence-corrected chi connectivity index (χ2v) is 6.50. The van der Waals surface area contributed by atoms with Crippen LogP contribution in [-0.4, -0.2) is 22.2 Å². The molecule has 1 heterocycles. The van der Waals surface area contributed by atoms with E-state index < -0.39 is 5.60 Å². The summed E-state index contributed by atoms with van der Waals surface area (Å²) in [6.07, 6.45) is 2.44. The van der Waals surface area contributed by atoms with Gasteiger partial charge in [0.1, 0.15) is 9.34 Å². The van der Waals surface area contributed by atoms with Crippen molar-refractivity contribution >= 4 is 22.9 Å². The zero-order chi connectivity index (χ0) is 12.2. The van der Waals surface area contributed by atoms with Crippen LogP contribution in [0.5, 0.6) is 0 Å². The van der Waals surface area contributed by atoms with Gasteiger partial charge in [0, 0.05) is 13.1 Å². The third kappa shape index (κ3) is 5.25. The van der Waals surface area contributed by atoms with Gasteiger partial charge >= 0.3 is 0 Å². The molecule has 0 saturated heterocycles. The summed E-state index contributed by atoms with van der Waals surface area (Å²) in [5, 5.41) is 14.2. The first kappa shape index (κ1) is 13.9. The maximum absolute atomic E-state index is 10.1. The second kappa shape index (κ2) is 5.96. The van der Waals surface area contributed by atoms with Crippen molar-refractivity contribution in [3.8, 4) is 0 Å². The van der Waals surface area contributed by atoms with E-state index in [1.807, 2.05) is 6.92 Å². The van der Waals surface area contributed by atoms with Gasteiger partial charge in [-0.2, -0.15) is 0 Å². The van der Waals surface area contributed by atoms with E-state index in [1.165, 1.54) is 11.3 Å². The molecule has 0 aliphatic heterocycles. The van der Waals surface area contributed by atoms with Gasteiger partial charge < -0.3 is 10.4 Å². The van der Waals surface area contributed by atoms with E-state index in [4.69, 9.17) is 11.6 Å². The van der Waals surface area contributed by atoms with Crippen LogP contribution >= 0.6 is 22.9 Å². The first-order valence-corrected chi connectivity index (χ1v) is 6.62. The van der Waals surface area contributed by atoms with Crippen LogP contribution in [0.4, 0.5) is 0 Å². The highest BCUT2D eigenvalue weighted by Crippen LogP contribution is 2.19. The summed E-state index contributed by atoms with van der Waals surface area (Å²) >= 11 is 7.24. The van der Waals surface area contributed by atoms with Gasteiger partial charge in [0.05, 0.1) is 11.8 Å². The van der Waals surface area contributed by atoms with Crippen molar-refractivity contribution in [2.75, 3.05) is 6.54 Å². The molecule has 0 spiro atoms. The minimum absolute atomic E-state index is 0.492. The summed E-state index contributed by atoms with van der Waals surface area (Å²) in [5.74, 6) is 0.492. The van der Waals surface area contributed by atoms with Crippen LogP contribution in [0.2, 0.25) is 4.34 Å². The van der Waals surface area contributed by atoms with Crippen molar-refractivity contribution in [1.82, 2.24) is 10.3 Å². The van der Waals surface area contributed by atoms with Crippen molar-refractivity contribution in [1.29, 1.82) is 0 Å². The zero-order valence-corrected chi connectivity index (χ0v) is 11.5. The molecule has 0 saturated carbocycles. The quantitative estimate of drug-likeness (QED) is 0.829. The number of rotatable bonds is 6. The van der Waals surface area contributed by atoms with E-state index in [-0.39, 0.29) is 0 Å². The molecule has 0 radical (unpaired) electrons. The van der Waals surface area contributed by atoms with Crippen LogP contribution in [-0.2, 0) is 6.54 Å². The van der Waals surface area contributed by atoms with Gasteiger partial charge in [-0.05, 0) is 19.3 Å². The Morgan fingerprint density at radius 3 is 2.81 bits per heavy atom. The van der Waals surface area contributed by atoms with Crippen molar-refractivity contribution in [2.24, 2.45) is 5.92 Å². The normalized spacial score (nSPS) is 15.4. The maximum Gasteiger partial charge on any atom is 0.113 e. The molecule has 2 N–H and O–H groups in total. The molecule has 92 valence electrons. The van der Waals surface area contributed by atoms with Crippen LogP contribution in [0.15, 0.2) is 6.20 Å². The zero-order valence-electron chi connectivity index (χ0n) is 9.96. The lowest BCUT2D eigenvalue weighted by Gasteiger charge is -2.25. The number of hydrogen-bond acceptors (Lipinski definition) is 4. The number of aromatic nitrogens is 1. The molecule has 0 bridgehead atoms. The van der Waals surface area contributed by atoms with Crippen molar-refractivity contribution < 1.29 is 5.11 Å². The molecule has 5 heteroatoms. The van der Waals surface area contributed by atoms with Crippen LogP contribution in [0.3, 0.4) is 0 Å². The molecular weight excluding hydrogens is 244 g/mol. The Hall–Kier alpha value is -0.160. The summed E-state index contributed by atoms with van der Waals surface area (Å²) < 4.78 is 0.700. The molecule has 1 unspecified atom stereocenters. The lowest BCUT2D eigenvalue weighted by Crippen LogP contribution is -2.38. The molecule has 1 atom stereocenters. The van der Waals surface area contributed by atoms with Gasteiger partial charge in [-0.15, -0.1) is 11.3 Å². The fourth-order valence-corrected chi connectivity index (χ4v) is 2.69. The summed E-state index contributed by atoms with van der Waals surface area (Å²) in [6.45, 7) is 7.30. The molecule has 1 aromatic rings. The van der Waals surface area contributed by atoms with Gasteiger partial charge in [-0.1, -0.05) is 25.4 Å². The molecule has 0 aliphatic carbocycles. The van der Waals surface area contributed by atoms with Crippen molar-refractivity contribution in [3.05, 3.63) is 15.5 Å². The Balaban J connectivity index is 2.29. The molecule has 0 amide bonds. The monoisotopic (exact) mass is 262 g/mol. The van der Waals surface area contributed by atoms with E-state index in [0.717, 1.165) is 11.4 Å². The van der Waals surface area contributed by atoms with E-state index in [2.05, 4.69) is 24.1 Å². The molecule has 3 nitrogen and oxygen atoms in total. The van der Waals surface area contributed by atoms with Gasteiger partial charge in [-0.3, -0.25) is 0 Å². The third-order valence-corrected chi connectivity index (χ3v) is 3.27. The molecule has 0 fully saturated rings. The maximum atomic E-state index is 10.1. The summed E-state index contributed by atoms with van der Waals surface area (Å²) in [5.41, 5.74) is -0.658. The smallest absolute Gasteiger partial charge is 0.113 e. The molecule has 0 aromatic carbocycles. The molecule has 1 aromatic heterocycles. The molecule has 0 aliphatic rings. The van der Waals surface area contributed by atoms with Crippen molar-refractivity contribution in [2.45, 2.75) is 39.3 Å². The predicted octanol–water partition coefficient (Wildman–Crippen LogP) is 2.68. The minimum Gasteiger partial charge on any atom is -0.389 e. The van der Waals surface area contributed by atoms with Gasteiger partial charge in [0.25, 0.3) is 0 Å². The SMILES string of the molecule is CC(C)CC(C)(O)CNCc1ncc(Cl)s1. The summed E-state index contributed by atoms with van der Waals surface area (Å²) in [4.78, 5) is 4.14. The summed E-state index contributed by atoms with van der Waals surface area (Å²) in [6, 6.07) is 0. The van der Waals surface area contributed by atoms with Crippen molar-refractivity contribution in [3.63, 3.8) is 0 Å². The number of thiazole rings is 1. The minimum atomic E-state index is -0.658. The standard InChI is InChI=1S/C11H19ClN2OS/c1-8(2)4-11(3,15)7-13-6-10-14-5-9(12)16-10/h5,8,13,15H,4,6-7H2,1-3H3. The Morgan fingerprint density at radius 1 is 1.62 bits per heavy atom. The Labute approximate surface area is 106 Å². The largest absolute Gasteiger partial charge is 0.389 e. The van der Waals surface area contributed by atoms with E-state index in [0.29, 0.717) is 23.3 Å². The highest BCUT2D eigenvalue weighted by molar-refractivity contribution is 7.15. The molecule has 1 rings (SSSR count). The van der Waals surface area contributed by atoms with E-state index in [1.54, 1.807) is 6.20 Å². The molecular formula is C11H19ClN2OS. The fourth-order valence-electron chi connectivity index (χ4n) is 1.76. The van der Waals surface area contributed by atoms with Gasteiger partial charge in [-0.25, -0.2) is 4.98 Å². The Morgan fingerprint density at radius 2 is 2.31 bits per heavy atom. The average molecular weight is 263 g/mol. The van der Waals surface area contributed by atoms with Crippen LogP contribution < -0.4 is 5.32 Å². The topological polar surface area (TPSA) is 45.1 Å². The van der Waals surface area contributed by atoms with Crippen LogP contribution in [0, 0.1) is 5.92 Å². The lowest BCUT2D eigenvalue weighted by atomic mass is 9.94. The second-order valence-electron chi connectivity index (χ2n) is 4.76. The highest BCUT2D eigenvalue weighted by atomic mass is 35.5.